The number of nitrogens with one attached hydrogen (secondary N) is 2. The molecule has 0 aliphatic carbocycles. The molecule has 3 fully saturated rings. The minimum absolute atomic E-state index is 0.0639. The van der Waals surface area contributed by atoms with Gasteiger partial charge in [-0.1, -0.05) is 25.1 Å². The fourth-order valence-electron chi connectivity index (χ4n) is 8.27. The number of rotatable bonds is 6. The largest absolute Gasteiger partial charge is 0.508 e. The monoisotopic (exact) mass is 663 g/mol. The third kappa shape index (κ3) is 5.38. The highest BCUT2D eigenvalue weighted by molar-refractivity contribution is 6.05. The fraction of sp³-hybridized carbons (Fsp3) is 0.500. The maximum atomic E-state index is 17.1. The van der Waals surface area contributed by atoms with Crippen LogP contribution in [0.15, 0.2) is 30.3 Å². The second-order valence-electron chi connectivity index (χ2n) is 13.6. The lowest BCUT2D eigenvalue weighted by atomic mass is 9.91. The molecule has 9 nitrogen and oxygen atoms in total. The van der Waals surface area contributed by atoms with Crippen LogP contribution in [-0.4, -0.2) is 85.4 Å². The van der Waals surface area contributed by atoms with Gasteiger partial charge in [0.2, 0.25) is 0 Å². The molecule has 3 N–H and O–H groups in total. The summed E-state index contributed by atoms with van der Waals surface area (Å²) in [5.74, 6) is -1.81. The van der Waals surface area contributed by atoms with Crippen molar-refractivity contribution in [3.63, 3.8) is 0 Å². The van der Waals surface area contributed by atoms with Crippen LogP contribution in [0.25, 0.3) is 32.8 Å². The van der Waals surface area contributed by atoms with Gasteiger partial charge in [-0.2, -0.15) is 9.97 Å². The maximum Gasteiger partial charge on any atom is 0.319 e. The van der Waals surface area contributed by atoms with Crippen molar-refractivity contribution in [2.75, 3.05) is 44.9 Å². The molecule has 3 aromatic carbocycles. The molecule has 48 heavy (non-hydrogen) atoms. The van der Waals surface area contributed by atoms with Gasteiger partial charge < -0.3 is 34.9 Å². The minimum atomic E-state index is -1.05. The van der Waals surface area contributed by atoms with Crippen LogP contribution in [0.1, 0.15) is 38.2 Å². The Kier molecular flexibility index (Phi) is 8.20. The molecule has 4 aliphatic heterocycles. The summed E-state index contributed by atoms with van der Waals surface area (Å²) in [7, 11) is 1.63. The first-order valence-electron chi connectivity index (χ1n) is 17.0. The number of alkyl halides is 1. The third-order valence-corrected chi connectivity index (χ3v) is 10.6. The van der Waals surface area contributed by atoms with Gasteiger partial charge in [0.15, 0.2) is 17.4 Å². The highest BCUT2D eigenvalue weighted by Crippen LogP contribution is 2.48. The van der Waals surface area contributed by atoms with Crippen LogP contribution in [0.4, 0.5) is 19.0 Å². The lowest BCUT2D eigenvalue weighted by Crippen LogP contribution is -2.60. The van der Waals surface area contributed by atoms with E-state index in [-0.39, 0.29) is 95.9 Å². The Balaban J connectivity index is 1.30. The number of aromatic hydroxyl groups is 1. The molecule has 3 saturated heterocycles. The number of anilines is 1. The van der Waals surface area contributed by atoms with Crippen LogP contribution in [0.2, 0.25) is 0 Å². The predicted molar refractivity (Wildman–Crippen MR) is 177 cm³/mol. The number of fused-ring (bicyclic) bond motifs is 6. The number of aryl methyl sites for hydroxylation is 1. The van der Waals surface area contributed by atoms with E-state index in [1.54, 1.807) is 13.2 Å². The van der Waals surface area contributed by atoms with Gasteiger partial charge in [0.05, 0.1) is 29.7 Å². The number of aromatic nitrogens is 2. The summed E-state index contributed by atoms with van der Waals surface area (Å²) in [6.45, 7) is 3.60. The van der Waals surface area contributed by atoms with Gasteiger partial charge in [0, 0.05) is 38.8 Å². The van der Waals surface area contributed by atoms with E-state index in [1.807, 2.05) is 25.1 Å². The number of ether oxygens (including phenoxy) is 3. The Bertz CT molecular complexity index is 1880. The smallest absolute Gasteiger partial charge is 0.319 e. The molecular formula is C36H40F3N5O4. The first-order valence-corrected chi connectivity index (χ1v) is 17.0. The Hall–Kier alpha value is -3.87. The van der Waals surface area contributed by atoms with E-state index in [9.17, 15) is 9.50 Å². The predicted octanol–water partition coefficient (Wildman–Crippen LogP) is 5.43. The maximum absolute atomic E-state index is 17.1. The molecular weight excluding hydrogens is 623 g/mol. The zero-order valence-corrected chi connectivity index (χ0v) is 27.1. The SMILES string of the molecule is CCc1cccc2cc(O)cc(-c3c(F)c4c5c(nc(OCC6CC(F)CNCC(OC)C6)nc5c3F)N3CC5CCC(N5)C3CO4)c12. The Labute approximate surface area is 276 Å². The van der Waals surface area contributed by atoms with Gasteiger partial charge >= 0.3 is 6.01 Å². The number of phenolic OH excluding ortho intramolecular Hbond substituents is 1. The van der Waals surface area contributed by atoms with Crippen LogP contribution >= 0.6 is 0 Å². The molecule has 0 spiro atoms. The first-order chi connectivity index (χ1) is 23.3. The summed E-state index contributed by atoms with van der Waals surface area (Å²) in [5, 5.41) is 18.9. The van der Waals surface area contributed by atoms with Crippen molar-refractivity contribution in [3.8, 4) is 28.6 Å². The van der Waals surface area contributed by atoms with Gasteiger partial charge in [-0.05, 0) is 72.1 Å². The molecule has 6 atom stereocenters. The molecule has 2 bridgehead atoms. The van der Waals surface area contributed by atoms with Crippen molar-refractivity contribution in [2.24, 2.45) is 5.92 Å². The third-order valence-electron chi connectivity index (χ3n) is 10.6. The molecule has 6 unspecified atom stereocenters. The number of halogens is 3. The Morgan fingerprint density at radius 1 is 1.08 bits per heavy atom. The van der Waals surface area contributed by atoms with E-state index in [2.05, 4.69) is 20.5 Å². The van der Waals surface area contributed by atoms with Crippen molar-refractivity contribution >= 4 is 27.5 Å². The van der Waals surface area contributed by atoms with Crippen molar-refractivity contribution in [1.82, 2.24) is 20.6 Å². The normalized spacial score (nSPS) is 26.9. The summed E-state index contributed by atoms with van der Waals surface area (Å²) < 4.78 is 66.9. The molecule has 4 aliphatic rings. The van der Waals surface area contributed by atoms with Crippen molar-refractivity contribution < 1.29 is 32.5 Å². The standard InChI is InChI=1S/C36H40F3N5O4/c1-3-19-5-4-6-20-11-23(45)12-25(28(19)20)29-31(38)33-30-34(32(29)39)47-17-27-26-8-7-22(41-26)15-44(27)35(30)43-36(42-33)48-16-18-9-21(37)13-40-14-24(10-18)46-2/h4-6,11-12,18,21-22,24,26-27,40-41,45H,3,7-10,13-17H2,1-2H3. The summed E-state index contributed by atoms with van der Waals surface area (Å²) in [5.41, 5.74) is 0.644. The van der Waals surface area contributed by atoms with E-state index in [4.69, 9.17) is 19.2 Å². The average Bonchev–Trinajstić information content (AvgIpc) is 3.38. The van der Waals surface area contributed by atoms with Gasteiger partial charge in [0.25, 0.3) is 0 Å². The second-order valence-corrected chi connectivity index (χ2v) is 13.6. The minimum Gasteiger partial charge on any atom is -0.508 e. The van der Waals surface area contributed by atoms with E-state index >= 15 is 8.78 Å². The highest BCUT2D eigenvalue weighted by atomic mass is 19.1. The molecule has 8 rings (SSSR count). The number of piperazine rings is 1. The molecule has 0 radical (unpaired) electrons. The number of hydrogen-bond donors (Lipinski definition) is 3. The summed E-state index contributed by atoms with van der Waals surface area (Å²) in [4.78, 5) is 11.5. The highest BCUT2D eigenvalue weighted by Gasteiger charge is 2.44. The van der Waals surface area contributed by atoms with Gasteiger partial charge in [-0.15, -0.1) is 0 Å². The summed E-state index contributed by atoms with van der Waals surface area (Å²) in [6.07, 6.45) is 2.20. The van der Waals surface area contributed by atoms with Crippen LogP contribution in [0.5, 0.6) is 17.5 Å². The van der Waals surface area contributed by atoms with Crippen LogP contribution in [0.3, 0.4) is 0 Å². The lowest BCUT2D eigenvalue weighted by Gasteiger charge is -2.40. The summed E-state index contributed by atoms with van der Waals surface area (Å²) in [6, 6.07) is 8.65. The van der Waals surface area contributed by atoms with Gasteiger partial charge in [-0.3, -0.25) is 0 Å². The van der Waals surface area contributed by atoms with Crippen molar-refractivity contribution in [2.45, 2.75) is 69.4 Å². The van der Waals surface area contributed by atoms with Gasteiger partial charge in [-0.25, -0.2) is 13.2 Å². The number of hydrogen-bond acceptors (Lipinski definition) is 9. The zero-order valence-electron chi connectivity index (χ0n) is 27.1. The molecule has 254 valence electrons. The molecule has 4 aromatic rings. The zero-order chi connectivity index (χ0) is 33.1. The van der Waals surface area contributed by atoms with E-state index < -0.39 is 17.8 Å². The lowest BCUT2D eigenvalue weighted by molar-refractivity contribution is 0.0496. The second kappa shape index (κ2) is 12.5. The molecule has 0 saturated carbocycles. The van der Waals surface area contributed by atoms with Crippen LogP contribution < -0.4 is 25.0 Å². The van der Waals surface area contributed by atoms with E-state index in [0.717, 1.165) is 18.4 Å². The topological polar surface area (TPSA) is 101 Å². The van der Waals surface area contributed by atoms with Crippen LogP contribution in [-0.2, 0) is 11.2 Å². The van der Waals surface area contributed by atoms with Gasteiger partial charge in [0.1, 0.15) is 29.9 Å². The number of methoxy groups -OCH3 is 1. The molecule has 0 amide bonds. The fourth-order valence-corrected chi connectivity index (χ4v) is 8.27. The number of nitrogens with zero attached hydrogens (tertiary/aromatic N) is 3. The molecule has 12 heteroatoms. The molecule has 1 aromatic heterocycles. The first kappa shape index (κ1) is 31.4. The molecule has 5 heterocycles. The number of phenols is 1. The van der Waals surface area contributed by atoms with E-state index in [1.165, 1.54) is 6.07 Å². The Morgan fingerprint density at radius 2 is 1.96 bits per heavy atom. The van der Waals surface area contributed by atoms with Crippen molar-refractivity contribution in [3.05, 3.63) is 47.5 Å². The van der Waals surface area contributed by atoms with E-state index in [0.29, 0.717) is 42.5 Å². The number of benzene rings is 3. The summed E-state index contributed by atoms with van der Waals surface area (Å²) >= 11 is 0. The average molecular weight is 664 g/mol. The van der Waals surface area contributed by atoms with Crippen molar-refractivity contribution in [1.29, 1.82) is 0 Å². The quantitative estimate of drug-likeness (QED) is 0.250. The Morgan fingerprint density at radius 3 is 2.79 bits per heavy atom. The van der Waals surface area contributed by atoms with Crippen LogP contribution in [0, 0.1) is 17.6 Å².